The molecule has 2 aromatic carbocycles. The van der Waals surface area contributed by atoms with Crippen LogP contribution in [0.5, 0.6) is 11.5 Å². The lowest BCUT2D eigenvalue weighted by molar-refractivity contribution is -0.133. The van der Waals surface area contributed by atoms with Gasteiger partial charge in [-0.3, -0.25) is 4.79 Å². The summed E-state index contributed by atoms with van der Waals surface area (Å²) in [4.78, 5) is 23.2. The highest BCUT2D eigenvalue weighted by atomic mass is 16.5. The summed E-state index contributed by atoms with van der Waals surface area (Å²) in [5.74, 6) is 1.63. The van der Waals surface area contributed by atoms with Gasteiger partial charge in [0.1, 0.15) is 24.4 Å². The first-order chi connectivity index (χ1) is 14.1. The van der Waals surface area contributed by atoms with Crippen LogP contribution in [0.3, 0.4) is 0 Å². The molecule has 0 N–H and O–H groups in total. The van der Waals surface area contributed by atoms with Crippen molar-refractivity contribution in [3.63, 3.8) is 0 Å². The van der Waals surface area contributed by atoms with Crippen molar-refractivity contribution < 1.29 is 14.3 Å². The summed E-state index contributed by atoms with van der Waals surface area (Å²) in [6.45, 7) is 2.98. The molecule has 148 valence electrons. The van der Waals surface area contributed by atoms with Gasteiger partial charge in [-0.1, -0.05) is 18.2 Å². The molecular formula is C23H23N3O3. The lowest BCUT2D eigenvalue weighted by Gasteiger charge is -2.26. The Bertz CT molecular complexity index is 1010. The van der Waals surface area contributed by atoms with E-state index in [-0.39, 0.29) is 11.9 Å². The summed E-state index contributed by atoms with van der Waals surface area (Å²) in [5, 5.41) is 0. The first-order valence-corrected chi connectivity index (χ1v) is 9.57. The summed E-state index contributed by atoms with van der Waals surface area (Å²) in [7, 11) is 1.63. The molecule has 0 saturated heterocycles. The zero-order valence-corrected chi connectivity index (χ0v) is 16.5. The van der Waals surface area contributed by atoms with Crippen LogP contribution in [0.15, 0.2) is 61.2 Å². The Morgan fingerprint density at radius 2 is 2.00 bits per heavy atom. The molecule has 3 aromatic rings. The number of fused-ring (bicyclic) bond motifs is 1. The number of carbonyl (C=O) groups is 1. The predicted octanol–water partition coefficient (Wildman–Crippen LogP) is 3.50. The van der Waals surface area contributed by atoms with Crippen LogP contribution < -0.4 is 9.47 Å². The van der Waals surface area contributed by atoms with E-state index in [0.29, 0.717) is 19.6 Å². The number of amides is 1. The number of methoxy groups -OCH3 is 1. The zero-order chi connectivity index (χ0) is 20.2. The van der Waals surface area contributed by atoms with Crippen LogP contribution in [-0.2, 0) is 17.8 Å². The van der Waals surface area contributed by atoms with Crippen LogP contribution in [0.4, 0.5) is 0 Å². The fraction of sp³-hybridized carbons (Fsp3) is 0.261. The summed E-state index contributed by atoms with van der Waals surface area (Å²) < 4.78 is 11.2. The fourth-order valence-corrected chi connectivity index (χ4v) is 3.50. The molecule has 29 heavy (non-hydrogen) atoms. The van der Waals surface area contributed by atoms with Crippen molar-refractivity contribution in [3.8, 4) is 22.6 Å². The van der Waals surface area contributed by atoms with Gasteiger partial charge in [-0.05, 0) is 42.3 Å². The third kappa shape index (κ3) is 4.21. The molecular weight excluding hydrogens is 366 g/mol. The smallest absolute Gasteiger partial charge is 0.227 e. The van der Waals surface area contributed by atoms with Gasteiger partial charge in [-0.15, -0.1) is 0 Å². The highest BCUT2D eigenvalue weighted by Gasteiger charge is 2.26. The van der Waals surface area contributed by atoms with E-state index in [4.69, 9.17) is 9.47 Å². The molecule has 6 nitrogen and oxygen atoms in total. The second-order valence-corrected chi connectivity index (χ2v) is 7.16. The van der Waals surface area contributed by atoms with E-state index in [2.05, 4.69) is 16.0 Å². The van der Waals surface area contributed by atoms with Gasteiger partial charge in [0.2, 0.25) is 5.91 Å². The van der Waals surface area contributed by atoms with Gasteiger partial charge >= 0.3 is 0 Å². The van der Waals surface area contributed by atoms with Gasteiger partial charge in [-0.2, -0.15) is 0 Å². The minimum atomic E-state index is -0.0241. The van der Waals surface area contributed by atoms with Gasteiger partial charge in [0.15, 0.2) is 0 Å². The van der Waals surface area contributed by atoms with Crippen molar-refractivity contribution in [1.29, 1.82) is 0 Å². The van der Waals surface area contributed by atoms with Crippen LogP contribution in [0.1, 0.15) is 18.1 Å². The lowest BCUT2D eigenvalue weighted by atomic mass is 10.0. The summed E-state index contributed by atoms with van der Waals surface area (Å²) in [6.07, 6.45) is 5.39. The monoisotopic (exact) mass is 389 g/mol. The second kappa shape index (κ2) is 8.31. The minimum Gasteiger partial charge on any atom is -0.497 e. The number of hydrogen-bond donors (Lipinski definition) is 0. The Balaban J connectivity index is 1.58. The fourth-order valence-electron chi connectivity index (χ4n) is 3.50. The van der Waals surface area contributed by atoms with E-state index in [1.807, 2.05) is 48.2 Å². The van der Waals surface area contributed by atoms with Crippen LogP contribution in [-0.4, -0.2) is 40.5 Å². The molecule has 2 heterocycles. The van der Waals surface area contributed by atoms with Gasteiger partial charge < -0.3 is 14.4 Å². The third-order valence-corrected chi connectivity index (χ3v) is 5.12. The Labute approximate surface area is 170 Å². The van der Waals surface area contributed by atoms with Crippen molar-refractivity contribution >= 4 is 5.91 Å². The van der Waals surface area contributed by atoms with Crippen LogP contribution >= 0.6 is 0 Å². The van der Waals surface area contributed by atoms with E-state index in [9.17, 15) is 4.79 Å². The molecule has 0 fully saturated rings. The van der Waals surface area contributed by atoms with Crippen molar-refractivity contribution in [1.82, 2.24) is 14.9 Å². The number of aromatic nitrogens is 2. The number of nitrogens with zero attached hydrogens (tertiary/aromatic N) is 3. The number of carbonyl (C=O) groups excluding carboxylic acids is 1. The molecule has 1 atom stereocenters. The Hall–Kier alpha value is -3.41. The van der Waals surface area contributed by atoms with Gasteiger partial charge in [0, 0.05) is 30.1 Å². The number of rotatable bonds is 4. The highest BCUT2D eigenvalue weighted by molar-refractivity contribution is 5.79. The number of hydrogen-bond acceptors (Lipinski definition) is 5. The molecule has 0 unspecified atom stereocenters. The second-order valence-electron chi connectivity index (χ2n) is 7.16. The third-order valence-electron chi connectivity index (χ3n) is 5.12. The van der Waals surface area contributed by atoms with Crippen molar-refractivity contribution in [2.24, 2.45) is 0 Å². The molecule has 0 radical (unpaired) electrons. The SMILES string of the molecule is COc1cccc(CC(=O)N2Cc3cc(-c4cncnc4)ccc3OC[C@@H]2C)c1. The van der Waals surface area contributed by atoms with E-state index in [1.165, 1.54) is 6.33 Å². The Morgan fingerprint density at radius 1 is 1.17 bits per heavy atom. The Kier molecular flexibility index (Phi) is 5.42. The predicted molar refractivity (Wildman–Crippen MR) is 110 cm³/mol. The molecule has 1 aromatic heterocycles. The molecule has 6 heteroatoms. The molecule has 0 bridgehead atoms. The van der Waals surface area contributed by atoms with Gasteiger partial charge in [0.25, 0.3) is 0 Å². The van der Waals surface area contributed by atoms with E-state index in [1.54, 1.807) is 19.5 Å². The number of benzene rings is 2. The van der Waals surface area contributed by atoms with E-state index in [0.717, 1.165) is 33.8 Å². The maximum Gasteiger partial charge on any atom is 0.227 e. The lowest BCUT2D eigenvalue weighted by Crippen LogP contribution is -2.40. The Morgan fingerprint density at radius 3 is 2.79 bits per heavy atom. The summed E-state index contributed by atoms with van der Waals surface area (Å²) >= 11 is 0. The van der Waals surface area contributed by atoms with Crippen LogP contribution in [0, 0.1) is 0 Å². The molecule has 1 aliphatic rings. The molecule has 1 aliphatic heterocycles. The van der Waals surface area contributed by atoms with Crippen LogP contribution in [0.25, 0.3) is 11.1 Å². The number of ether oxygens (including phenoxy) is 2. The van der Waals surface area contributed by atoms with Crippen molar-refractivity contribution in [2.45, 2.75) is 25.9 Å². The molecule has 0 saturated carbocycles. The van der Waals surface area contributed by atoms with Crippen molar-refractivity contribution in [3.05, 3.63) is 72.3 Å². The maximum atomic E-state index is 13.1. The normalized spacial score (nSPS) is 15.8. The molecule has 0 aliphatic carbocycles. The molecule has 4 rings (SSSR count). The highest BCUT2D eigenvalue weighted by Crippen LogP contribution is 2.30. The van der Waals surface area contributed by atoms with E-state index < -0.39 is 0 Å². The van der Waals surface area contributed by atoms with Crippen molar-refractivity contribution in [2.75, 3.05) is 13.7 Å². The topological polar surface area (TPSA) is 64.5 Å². The zero-order valence-electron chi connectivity index (χ0n) is 16.5. The first-order valence-electron chi connectivity index (χ1n) is 9.57. The van der Waals surface area contributed by atoms with Gasteiger partial charge in [0.05, 0.1) is 19.6 Å². The standard InChI is InChI=1S/C23H23N3O3/c1-16-14-29-22-7-6-18(20-11-24-15-25-12-20)10-19(22)13-26(16)23(27)9-17-4-3-5-21(8-17)28-2/h3-8,10-12,15-16H,9,13-14H2,1-2H3/t16-/m0/s1. The first kappa shape index (κ1) is 18.9. The largest absolute Gasteiger partial charge is 0.497 e. The van der Waals surface area contributed by atoms with Crippen LogP contribution in [0.2, 0.25) is 0 Å². The average molecular weight is 389 g/mol. The molecule has 0 spiro atoms. The summed E-state index contributed by atoms with van der Waals surface area (Å²) in [6, 6.07) is 13.6. The maximum absolute atomic E-state index is 13.1. The summed E-state index contributed by atoms with van der Waals surface area (Å²) in [5.41, 5.74) is 3.85. The molecule has 1 amide bonds. The van der Waals surface area contributed by atoms with Gasteiger partial charge in [-0.25, -0.2) is 9.97 Å². The average Bonchev–Trinajstić information content (AvgIpc) is 2.93. The van der Waals surface area contributed by atoms with E-state index >= 15 is 0 Å². The minimum absolute atomic E-state index is 0.0241. The quantitative estimate of drug-likeness (QED) is 0.683.